The SMILES string of the molecule is OC[C@H]1O[C@@H](c2cc(CC3Cc4ccccc4O3)ccc2O)[C@H](O)C(O)[C@@H]1O. The van der Waals surface area contributed by atoms with Gasteiger partial charge in [-0.05, 0) is 29.3 Å². The lowest BCUT2D eigenvalue weighted by molar-refractivity contribution is -0.232. The van der Waals surface area contributed by atoms with Crippen LogP contribution in [0, 0.1) is 0 Å². The zero-order valence-corrected chi connectivity index (χ0v) is 15.2. The smallest absolute Gasteiger partial charge is 0.123 e. The van der Waals surface area contributed by atoms with Crippen LogP contribution in [-0.2, 0) is 17.6 Å². The first-order chi connectivity index (χ1) is 13.5. The van der Waals surface area contributed by atoms with Gasteiger partial charge >= 0.3 is 0 Å². The molecule has 2 aromatic rings. The number of rotatable bonds is 4. The molecule has 0 aliphatic carbocycles. The third-order valence-electron chi connectivity index (χ3n) is 5.47. The molecular formula is C21H24O7. The molecule has 7 nitrogen and oxygen atoms in total. The average Bonchev–Trinajstić information content (AvgIpc) is 3.10. The van der Waals surface area contributed by atoms with Gasteiger partial charge in [0, 0.05) is 18.4 Å². The Labute approximate surface area is 162 Å². The Kier molecular flexibility index (Phi) is 5.27. The molecule has 2 heterocycles. The number of benzene rings is 2. The van der Waals surface area contributed by atoms with Crippen LogP contribution < -0.4 is 4.74 Å². The van der Waals surface area contributed by atoms with Crippen molar-refractivity contribution in [1.29, 1.82) is 0 Å². The number of para-hydroxylation sites is 1. The molecule has 0 saturated carbocycles. The van der Waals surface area contributed by atoms with E-state index >= 15 is 0 Å². The zero-order chi connectivity index (χ0) is 19.8. The van der Waals surface area contributed by atoms with E-state index in [1.54, 1.807) is 12.1 Å². The maximum atomic E-state index is 10.3. The van der Waals surface area contributed by atoms with Crippen LogP contribution >= 0.6 is 0 Å². The van der Waals surface area contributed by atoms with Gasteiger partial charge in [0.15, 0.2) is 0 Å². The van der Waals surface area contributed by atoms with E-state index in [-0.39, 0.29) is 11.9 Å². The molecule has 0 spiro atoms. The van der Waals surface area contributed by atoms with Crippen molar-refractivity contribution in [2.75, 3.05) is 6.61 Å². The van der Waals surface area contributed by atoms with Gasteiger partial charge in [0.2, 0.25) is 0 Å². The van der Waals surface area contributed by atoms with Gasteiger partial charge < -0.3 is 35.0 Å². The summed E-state index contributed by atoms with van der Waals surface area (Å²) >= 11 is 0. The minimum absolute atomic E-state index is 0.0374. The lowest BCUT2D eigenvalue weighted by Gasteiger charge is -2.40. The van der Waals surface area contributed by atoms with E-state index in [0.717, 1.165) is 23.3 Å². The number of ether oxygens (including phenoxy) is 2. The Balaban J connectivity index is 1.54. The summed E-state index contributed by atoms with van der Waals surface area (Å²) in [5.41, 5.74) is 2.33. The van der Waals surface area contributed by atoms with Crippen LogP contribution in [0.25, 0.3) is 0 Å². The Morgan fingerprint density at radius 3 is 2.50 bits per heavy atom. The van der Waals surface area contributed by atoms with Gasteiger partial charge in [0.05, 0.1) is 6.61 Å². The van der Waals surface area contributed by atoms with Crippen molar-refractivity contribution in [3.8, 4) is 11.5 Å². The summed E-state index contributed by atoms with van der Waals surface area (Å²) < 4.78 is 11.5. The van der Waals surface area contributed by atoms with Gasteiger partial charge in [-0.25, -0.2) is 0 Å². The predicted molar refractivity (Wildman–Crippen MR) is 99.1 cm³/mol. The van der Waals surface area contributed by atoms with Crippen molar-refractivity contribution in [1.82, 2.24) is 0 Å². The molecule has 0 bridgehead atoms. The number of aliphatic hydroxyl groups excluding tert-OH is 4. The summed E-state index contributed by atoms with van der Waals surface area (Å²) in [6.07, 6.45) is -5.13. The maximum absolute atomic E-state index is 10.3. The Hall–Kier alpha value is -2.16. The molecule has 2 aliphatic heterocycles. The normalized spacial score (nSPS) is 32.0. The Morgan fingerprint density at radius 1 is 0.964 bits per heavy atom. The molecule has 150 valence electrons. The zero-order valence-electron chi connectivity index (χ0n) is 15.2. The molecule has 1 saturated heterocycles. The standard InChI is InChI=1S/C21H24O7/c22-10-17-18(24)19(25)20(26)21(28-17)14-8-11(5-6-15(14)23)7-13-9-12-3-1-2-4-16(12)27-13/h1-6,8,13,17-26H,7,9-10H2/t13?,17-,18-,19?,20-,21+/m1/s1. The van der Waals surface area contributed by atoms with Crippen molar-refractivity contribution >= 4 is 0 Å². The summed E-state index contributed by atoms with van der Waals surface area (Å²) in [6.45, 7) is -0.518. The van der Waals surface area contributed by atoms with Crippen LogP contribution in [0.5, 0.6) is 11.5 Å². The first-order valence-electron chi connectivity index (χ1n) is 9.34. The van der Waals surface area contributed by atoms with Crippen molar-refractivity contribution < 1.29 is 35.0 Å². The van der Waals surface area contributed by atoms with Crippen molar-refractivity contribution in [2.45, 2.75) is 49.5 Å². The monoisotopic (exact) mass is 388 g/mol. The lowest BCUT2D eigenvalue weighted by Crippen LogP contribution is -2.55. The van der Waals surface area contributed by atoms with Gasteiger partial charge in [0.1, 0.15) is 48.1 Å². The van der Waals surface area contributed by atoms with E-state index in [1.807, 2.05) is 24.3 Å². The molecule has 0 amide bonds. The summed E-state index contributed by atoms with van der Waals surface area (Å²) in [4.78, 5) is 0. The molecule has 2 unspecified atom stereocenters. The highest BCUT2D eigenvalue weighted by Crippen LogP contribution is 2.37. The molecule has 7 heteroatoms. The third kappa shape index (κ3) is 3.47. The second kappa shape index (κ2) is 7.69. The van der Waals surface area contributed by atoms with E-state index in [4.69, 9.17) is 9.47 Å². The molecule has 28 heavy (non-hydrogen) atoms. The second-order valence-electron chi connectivity index (χ2n) is 7.40. The number of phenols is 1. The van der Waals surface area contributed by atoms with Crippen LogP contribution in [0.4, 0.5) is 0 Å². The van der Waals surface area contributed by atoms with E-state index < -0.39 is 37.1 Å². The third-order valence-corrected chi connectivity index (χ3v) is 5.47. The summed E-state index contributed by atoms with van der Waals surface area (Å²) in [5.74, 6) is 0.782. The van der Waals surface area contributed by atoms with E-state index in [9.17, 15) is 25.5 Å². The highest BCUT2D eigenvalue weighted by Gasteiger charge is 2.44. The number of hydrogen-bond acceptors (Lipinski definition) is 7. The fraction of sp³-hybridized carbons (Fsp3) is 0.429. The molecule has 0 radical (unpaired) electrons. The lowest BCUT2D eigenvalue weighted by atomic mass is 9.89. The highest BCUT2D eigenvalue weighted by molar-refractivity contribution is 5.41. The number of aromatic hydroxyl groups is 1. The molecule has 2 aromatic carbocycles. The van der Waals surface area contributed by atoms with Crippen molar-refractivity contribution in [2.24, 2.45) is 0 Å². The van der Waals surface area contributed by atoms with Gasteiger partial charge in [-0.2, -0.15) is 0 Å². The van der Waals surface area contributed by atoms with E-state index in [0.29, 0.717) is 12.0 Å². The van der Waals surface area contributed by atoms with Crippen LogP contribution in [0.1, 0.15) is 22.8 Å². The van der Waals surface area contributed by atoms with Gasteiger partial charge in [0.25, 0.3) is 0 Å². The molecule has 2 aliphatic rings. The van der Waals surface area contributed by atoms with Gasteiger partial charge in [-0.15, -0.1) is 0 Å². The number of phenolic OH excluding ortho intramolecular Hbond substituents is 1. The van der Waals surface area contributed by atoms with E-state index in [2.05, 4.69) is 0 Å². The minimum atomic E-state index is -1.49. The second-order valence-corrected chi connectivity index (χ2v) is 7.40. The van der Waals surface area contributed by atoms with Crippen LogP contribution in [0.2, 0.25) is 0 Å². The topological polar surface area (TPSA) is 120 Å². The fourth-order valence-electron chi connectivity index (χ4n) is 3.95. The molecule has 6 atom stereocenters. The van der Waals surface area contributed by atoms with Crippen LogP contribution in [0.3, 0.4) is 0 Å². The first-order valence-corrected chi connectivity index (χ1v) is 9.34. The molecule has 5 N–H and O–H groups in total. The van der Waals surface area contributed by atoms with Crippen LogP contribution in [-0.4, -0.2) is 62.7 Å². The fourth-order valence-corrected chi connectivity index (χ4v) is 3.95. The van der Waals surface area contributed by atoms with Crippen LogP contribution in [0.15, 0.2) is 42.5 Å². The molecule has 1 fully saturated rings. The Bertz CT molecular complexity index is 812. The molecule has 4 rings (SSSR count). The highest BCUT2D eigenvalue weighted by atomic mass is 16.5. The summed E-state index contributed by atoms with van der Waals surface area (Å²) in [5, 5.41) is 50.0. The van der Waals surface area contributed by atoms with E-state index in [1.165, 1.54) is 6.07 Å². The van der Waals surface area contributed by atoms with Crippen molar-refractivity contribution in [3.63, 3.8) is 0 Å². The molecule has 0 aromatic heterocycles. The average molecular weight is 388 g/mol. The largest absolute Gasteiger partial charge is 0.508 e. The minimum Gasteiger partial charge on any atom is -0.508 e. The van der Waals surface area contributed by atoms with Gasteiger partial charge in [-0.1, -0.05) is 24.3 Å². The van der Waals surface area contributed by atoms with Crippen molar-refractivity contribution in [3.05, 3.63) is 59.2 Å². The Morgan fingerprint density at radius 2 is 1.75 bits per heavy atom. The number of fused-ring (bicyclic) bond motifs is 1. The quantitative estimate of drug-likeness (QED) is 0.516. The number of hydrogen-bond donors (Lipinski definition) is 5. The number of aliphatic hydroxyl groups is 4. The molecular weight excluding hydrogens is 364 g/mol. The summed E-state index contributed by atoms with van der Waals surface area (Å²) in [6, 6.07) is 12.9. The van der Waals surface area contributed by atoms with Gasteiger partial charge in [-0.3, -0.25) is 0 Å². The predicted octanol–water partition coefficient (Wildman–Crippen LogP) is 0.453. The maximum Gasteiger partial charge on any atom is 0.123 e. The summed E-state index contributed by atoms with van der Waals surface area (Å²) in [7, 11) is 0. The first kappa shape index (κ1) is 19.2.